The first-order valence-electron chi connectivity index (χ1n) is 5.05. The van der Waals surface area contributed by atoms with Crippen molar-refractivity contribution in [1.29, 1.82) is 0 Å². The summed E-state index contributed by atoms with van der Waals surface area (Å²) in [6.07, 6.45) is 3.22. The van der Waals surface area contributed by atoms with E-state index in [0.717, 1.165) is 5.56 Å². The largest absolute Gasteiger partial charge is 0.392 e. The number of pyridine rings is 1. The highest BCUT2D eigenvalue weighted by Gasteiger charge is 2.25. The Balaban J connectivity index is 2.82. The van der Waals surface area contributed by atoms with Gasteiger partial charge in [-0.3, -0.25) is 4.98 Å². The molecule has 3 N–H and O–H groups in total. The molecule has 0 saturated heterocycles. The third-order valence-corrected chi connectivity index (χ3v) is 4.78. The van der Waals surface area contributed by atoms with Crippen LogP contribution in [0.25, 0.3) is 0 Å². The minimum Gasteiger partial charge on any atom is -0.392 e. The smallest absolute Gasteiger partial charge is 0.221 e. The van der Waals surface area contributed by atoms with E-state index in [9.17, 15) is 8.42 Å². The van der Waals surface area contributed by atoms with E-state index >= 15 is 0 Å². The first-order chi connectivity index (χ1) is 7.84. The van der Waals surface area contributed by atoms with Gasteiger partial charge in [0.05, 0.1) is 4.99 Å². The van der Waals surface area contributed by atoms with Crippen LogP contribution in [0.1, 0.15) is 25.5 Å². The fourth-order valence-corrected chi connectivity index (χ4v) is 2.74. The van der Waals surface area contributed by atoms with E-state index in [1.807, 2.05) is 0 Å². The molecule has 0 aliphatic heterocycles. The molecule has 1 aromatic heterocycles. The van der Waals surface area contributed by atoms with Crippen LogP contribution in [-0.4, -0.2) is 23.6 Å². The Bertz CT molecular complexity index is 488. The molecule has 0 bridgehead atoms. The summed E-state index contributed by atoms with van der Waals surface area (Å²) in [5.74, 6) is 0. The van der Waals surface area contributed by atoms with E-state index in [0.29, 0.717) is 0 Å². The minimum atomic E-state index is -3.54. The molecule has 2 unspecified atom stereocenters. The number of hydrogen-bond donors (Lipinski definition) is 2. The van der Waals surface area contributed by atoms with Gasteiger partial charge in [-0.25, -0.2) is 13.1 Å². The first-order valence-corrected chi connectivity index (χ1v) is 7.00. The molecule has 1 heterocycles. The van der Waals surface area contributed by atoms with Crippen LogP contribution in [0.5, 0.6) is 0 Å². The van der Waals surface area contributed by atoms with Crippen LogP contribution >= 0.6 is 12.2 Å². The fourth-order valence-electron chi connectivity index (χ4n) is 1.22. The maximum atomic E-state index is 11.9. The normalized spacial score (nSPS) is 15.2. The Kier molecular flexibility index (Phi) is 4.55. The summed E-state index contributed by atoms with van der Waals surface area (Å²) >= 11 is 4.68. The Morgan fingerprint density at radius 2 is 1.94 bits per heavy atom. The maximum absolute atomic E-state index is 11.9. The summed E-state index contributed by atoms with van der Waals surface area (Å²) in [5, 5.41) is -0.887. The van der Waals surface area contributed by atoms with Crippen molar-refractivity contribution in [2.45, 2.75) is 25.1 Å². The molecule has 0 aliphatic rings. The van der Waals surface area contributed by atoms with Gasteiger partial charge in [-0.15, -0.1) is 0 Å². The predicted octanol–water partition coefficient (Wildman–Crippen LogP) is 0.737. The number of nitrogens with two attached hydrogens (primary N) is 1. The van der Waals surface area contributed by atoms with Crippen LogP contribution in [0.15, 0.2) is 24.5 Å². The Morgan fingerprint density at radius 3 is 2.41 bits per heavy atom. The average Bonchev–Trinajstić information content (AvgIpc) is 2.28. The number of rotatable bonds is 5. The van der Waals surface area contributed by atoms with Crippen molar-refractivity contribution in [2.24, 2.45) is 5.73 Å². The van der Waals surface area contributed by atoms with Crippen LogP contribution in [0.4, 0.5) is 0 Å². The molecule has 2 atom stereocenters. The molecule has 0 aliphatic carbocycles. The molecular formula is C10H15N3O2S2. The molecule has 0 radical (unpaired) electrons. The fraction of sp³-hybridized carbons (Fsp3) is 0.400. The summed E-state index contributed by atoms with van der Waals surface area (Å²) in [4.78, 5) is 3.83. The van der Waals surface area contributed by atoms with E-state index in [4.69, 9.17) is 5.73 Å². The average molecular weight is 273 g/mol. The molecule has 94 valence electrons. The minimum absolute atomic E-state index is 0.0422. The topological polar surface area (TPSA) is 85.1 Å². The molecule has 5 nitrogen and oxygen atoms in total. The van der Waals surface area contributed by atoms with Crippen LogP contribution in [0.2, 0.25) is 0 Å². The molecule has 1 rings (SSSR count). The third kappa shape index (κ3) is 3.72. The van der Waals surface area contributed by atoms with Crippen molar-refractivity contribution in [3.63, 3.8) is 0 Å². The van der Waals surface area contributed by atoms with Crippen molar-refractivity contribution >= 4 is 27.2 Å². The molecule has 0 fully saturated rings. The van der Waals surface area contributed by atoms with Crippen LogP contribution in [-0.2, 0) is 10.0 Å². The van der Waals surface area contributed by atoms with Crippen molar-refractivity contribution in [3.05, 3.63) is 30.1 Å². The summed E-state index contributed by atoms with van der Waals surface area (Å²) in [6, 6.07) is 3.15. The van der Waals surface area contributed by atoms with Crippen molar-refractivity contribution in [3.8, 4) is 0 Å². The number of aromatic nitrogens is 1. The standard InChI is InChI=1S/C10H15N3O2S2/c1-7(9-3-5-12-6-4-9)13-17(14,15)8(2)10(11)16/h3-8,13H,1-2H3,(H2,11,16). The lowest BCUT2D eigenvalue weighted by Gasteiger charge is -2.17. The highest BCUT2D eigenvalue weighted by molar-refractivity contribution is 7.93. The molecular weight excluding hydrogens is 258 g/mol. The van der Waals surface area contributed by atoms with E-state index in [1.165, 1.54) is 6.92 Å². The molecule has 17 heavy (non-hydrogen) atoms. The van der Waals surface area contributed by atoms with Crippen LogP contribution < -0.4 is 10.5 Å². The number of nitrogens with zero attached hydrogens (tertiary/aromatic N) is 1. The van der Waals surface area contributed by atoms with Crippen molar-refractivity contribution in [2.75, 3.05) is 0 Å². The second-order valence-electron chi connectivity index (χ2n) is 3.71. The van der Waals surface area contributed by atoms with Gasteiger partial charge in [-0.1, -0.05) is 12.2 Å². The molecule has 0 amide bonds. The lowest BCUT2D eigenvalue weighted by molar-refractivity contribution is 0.564. The summed E-state index contributed by atoms with van der Waals surface area (Å²) in [7, 11) is -3.54. The zero-order chi connectivity index (χ0) is 13.1. The van der Waals surface area contributed by atoms with Crippen LogP contribution in [0, 0.1) is 0 Å². The van der Waals surface area contributed by atoms with E-state index in [1.54, 1.807) is 31.5 Å². The molecule has 7 heteroatoms. The highest BCUT2D eigenvalue weighted by Crippen LogP contribution is 2.13. The SMILES string of the molecule is CC(NS(=O)(=O)C(C)C(N)=S)c1ccncc1. The number of sulfonamides is 1. The van der Waals surface area contributed by atoms with Gasteiger partial charge >= 0.3 is 0 Å². The zero-order valence-corrected chi connectivity index (χ0v) is 11.3. The van der Waals surface area contributed by atoms with Gasteiger partial charge in [-0.05, 0) is 31.5 Å². The highest BCUT2D eigenvalue weighted by atomic mass is 32.2. The summed E-state index contributed by atoms with van der Waals surface area (Å²) < 4.78 is 26.3. The van der Waals surface area contributed by atoms with Gasteiger partial charge in [0, 0.05) is 18.4 Å². The molecule has 0 spiro atoms. The van der Waals surface area contributed by atoms with Gasteiger partial charge in [0.25, 0.3) is 0 Å². The Labute approximate surface area is 106 Å². The Hall–Kier alpha value is -1.05. The van der Waals surface area contributed by atoms with Gasteiger partial charge in [-0.2, -0.15) is 0 Å². The quantitative estimate of drug-likeness (QED) is 0.773. The number of nitrogens with one attached hydrogen (secondary N) is 1. The second-order valence-corrected chi connectivity index (χ2v) is 6.21. The molecule has 0 saturated carbocycles. The second kappa shape index (κ2) is 5.52. The monoisotopic (exact) mass is 273 g/mol. The maximum Gasteiger partial charge on any atom is 0.221 e. The predicted molar refractivity (Wildman–Crippen MR) is 71.0 cm³/mol. The number of hydrogen-bond acceptors (Lipinski definition) is 4. The van der Waals surface area contributed by atoms with Gasteiger partial charge in [0.2, 0.25) is 10.0 Å². The lowest BCUT2D eigenvalue weighted by atomic mass is 10.1. The van der Waals surface area contributed by atoms with E-state index in [-0.39, 0.29) is 11.0 Å². The van der Waals surface area contributed by atoms with E-state index in [2.05, 4.69) is 21.9 Å². The van der Waals surface area contributed by atoms with Crippen molar-refractivity contribution in [1.82, 2.24) is 9.71 Å². The van der Waals surface area contributed by atoms with Gasteiger partial charge in [0.15, 0.2) is 0 Å². The van der Waals surface area contributed by atoms with Crippen LogP contribution in [0.3, 0.4) is 0 Å². The van der Waals surface area contributed by atoms with Crippen molar-refractivity contribution < 1.29 is 8.42 Å². The Morgan fingerprint density at radius 1 is 1.41 bits per heavy atom. The number of thiocarbonyl (C=S) groups is 1. The molecule has 1 aromatic rings. The van der Waals surface area contributed by atoms with Gasteiger partial charge < -0.3 is 5.73 Å². The summed E-state index contributed by atoms with van der Waals surface area (Å²) in [5.41, 5.74) is 6.17. The third-order valence-electron chi connectivity index (χ3n) is 2.41. The lowest BCUT2D eigenvalue weighted by Crippen LogP contribution is -2.41. The summed E-state index contributed by atoms with van der Waals surface area (Å²) in [6.45, 7) is 3.21. The zero-order valence-electron chi connectivity index (χ0n) is 9.62. The van der Waals surface area contributed by atoms with Gasteiger partial charge in [0.1, 0.15) is 5.25 Å². The first kappa shape index (κ1) is 14.0. The van der Waals surface area contributed by atoms with E-state index < -0.39 is 15.3 Å². The molecule has 0 aromatic carbocycles.